The number of aryl methyl sites for hydroxylation is 1. The van der Waals surface area contributed by atoms with E-state index in [1.807, 2.05) is 24.5 Å². The molecule has 0 N–H and O–H groups in total. The zero-order chi connectivity index (χ0) is 11.5. The Bertz CT molecular complexity index is 452. The Morgan fingerprint density at radius 1 is 1.25 bits per heavy atom. The van der Waals surface area contributed by atoms with Gasteiger partial charge in [0, 0.05) is 23.2 Å². The number of hydrogen-bond acceptors (Lipinski definition) is 2. The van der Waals surface area contributed by atoms with E-state index in [1.54, 1.807) is 11.3 Å². The quantitative estimate of drug-likeness (QED) is 0.730. The first-order valence-electron chi connectivity index (χ1n) is 5.28. The Balaban J connectivity index is 2.23. The molecule has 2 atom stereocenters. The van der Waals surface area contributed by atoms with Crippen molar-refractivity contribution < 1.29 is 0 Å². The number of aromatic nitrogens is 1. The zero-order valence-corrected chi connectivity index (χ0v) is 10.9. The molecule has 2 rings (SSSR count). The van der Waals surface area contributed by atoms with Crippen LogP contribution in [-0.4, -0.2) is 4.98 Å². The lowest BCUT2D eigenvalue weighted by atomic mass is 9.96. The van der Waals surface area contributed by atoms with Gasteiger partial charge < -0.3 is 0 Å². The Kier molecular flexibility index (Phi) is 3.62. The normalized spacial score (nSPS) is 14.7. The molecule has 1 nitrogen and oxygen atoms in total. The molecule has 0 radical (unpaired) electrons. The minimum Gasteiger partial charge on any atom is -0.265 e. The summed E-state index contributed by atoms with van der Waals surface area (Å²) in [5.74, 6) is 0.307. The van der Waals surface area contributed by atoms with Crippen LogP contribution in [0.3, 0.4) is 0 Å². The van der Waals surface area contributed by atoms with Crippen molar-refractivity contribution >= 4 is 22.9 Å². The fourth-order valence-corrected chi connectivity index (χ4v) is 3.21. The van der Waals surface area contributed by atoms with Gasteiger partial charge in [-0.25, -0.2) is 0 Å². The molecule has 0 aromatic carbocycles. The van der Waals surface area contributed by atoms with E-state index in [9.17, 15) is 0 Å². The SMILES string of the molecule is Cc1ccsc1C(Cl)C(C)c1ccncc1. The number of pyridine rings is 1. The van der Waals surface area contributed by atoms with Crippen molar-refractivity contribution in [3.63, 3.8) is 0 Å². The van der Waals surface area contributed by atoms with Crippen LogP contribution in [0.25, 0.3) is 0 Å². The second kappa shape index (κ2) is 4.98. The summed E-state index contributed by atoms with van der Waals surface area (Å²) in [6, 6.07) is 6.18. The molecule has 0 saturated carbocycles. The first-order chi connectivity index (χ1) is 7.70. The van der Waals surface area contributed by atoms with Crippen molar-refractivity contribution in [1.29, 1.82) is 0 Å². The van der Waals surface area contributed by atoms with Crippen molar-refractivity contribution in [3.05, 3.63) is 52.0 Å². The van der Waals surface area contributed by atoms with Crippen LogP contribution in [0.4, 0.5) is 0 Å². The summed E-state index contributed by atoms with van der Waals surface area (Å²) in [6.45, 7) is 4.27. The van der Waals surface area contributed by atoms with Crippen LogP contribution in [-0.2, 0) is 0 Å². The molecule has 0 amide bonds. The third-order valence-corrected chi connectivity index (χ3v) is 4.65. The Morgan fingerprint density at radius 2 is 1.94 bits per heavy atom. The van der Waals surface area contributed by atoms with Crippen LogP contribution < -0.4 is 0 Å². The van der Waals surface area contributed by atoms with Gasteiger partial charge in [-0.3, -0.25) is 4.98 Å². The predicted molar refractivity (Wildman–Crippen MR) is 70.3 cm³/mol. The lowest BCUT2D eigenvalue weighted by Gasteiger charge is -2.18. The van der Waals surface area contributed by atoms with Crippen molar-refractivity contribution in [1.82, 2.24) is 4.98 Å². The van der Waals surface area contributed by atoms with Crippen molar-refractivity contribution in [2.45, 2.75) is 25.1 Å². The summed E-state index contributed by atoms with van der Waals surface area (Å²) >= 11 is 8.26. The number of alkyl halides is 1. The van der Waals surface area contributed by atoms with Crippen molar-refractivity contribution in [3.8, 4) is 0 Å². The maximum atomic E-state index is 6.53. The number of rotatable bonds is 3. The van der Waals surface area contributed by atoms with E-state index in [0.29, 0.717) is 5.92 Å². The van der Waals surface area contributed by atoms with Gasteiger partial charge in [0.25, 0.3) is 0 Å². The van der Waals surface area contributed by atoms with E-state index in [-0.39, 0.29) is 5.38 Å². The topological polar surface area (TPSA) is 12.9 Å². The van der Waals surface area contributed by atoms with Gasteiger partial charge in [0.05, 0.1) is 5.38 Å². The second-order valence-corrected chi connectivity index (χ2v) is 5.36. The molecule has 0 aliphatic rings. The van der Waals surface area contributed by atoms with Gasteiger partial charge in [-0.1, -0.05) is 6.92 Å². The van der Waals surface area contributed by atoms with Crippen LogP contribution in [0.1, 0.15) is 34.2 Å². The highest BCUT2D eigenvalue weighted by Crippen LogP contribution is 2.39. The van der Waals surface area contributed by atoms with Crippen LogP contribution in [0.15, 0.2) is 36.0 Å². The van der Waals surface area contributed by atoms with E-state index in [0.717, 1.165) is 0 Å². The Morgan fingerprint density at radius 3 is 2.50 bits per heavy atom. The standard InChI is InChI=1S/C13H14ClNS/c1-9-5-8-16-13(9)12(14)10(2)11-3-6-15-7-4-11/h3-8,10,12H,1-2H3. The number of thiophene rings is 1. The predicted octanol–water partition coefficient (Wildman–Crippen LogP) is 4.54. The van der Waals surface area contributed by atoms with Gasteiger partial charge in [0.2, 0.25) is 0 Å². The molecule has 0 aliphatic heterocycles. The average molecular weight is 252 g/mol. The Labute approximate surface area is 105 Å². The highest BCUT2D eigenvalue weighted by Gasteiger charge is 2.20. The van der Waals surface area contributed by atoms with E-state index >= 15 is 0 Å². The van der Waals surface area contributed by atoms with E-state index in [4.69, 9.17) is 11.6 Å². The molecule has 3 heteroatoms. The van der Waals surface area contributed by atoms with Gasteiger partial charge in [-0.15, -0.1) is 22.9 Å². The van der Waals surface area contributed by atoms with Gasteiger partial charge in [0.15, 0.2) is 0 Å². The minimum atomic E-state index is 0.0439. The van der Waals surface area contributed by atoms with Crippen molar-refractivity contribution in [2.75, 3.05) is 0 Å². The first-order valence-corrected chi connectivity index (χ1v) is 6.59. The maximum absolute atomic E-state index is 6.53. The number of nitrogens with zero attached hydrogens (tertiary/aromatic N) is 1. The molecule has 16 heavy (non-hydrogen) atoms. The van der Waals surface area contributed by atoms with Gasteiger partial charge in [-0.2, -0.15) is 0 Å². The first kappa shape index (κ1) is 11.6. The molecule has 0 aliphatic carbocycles. The molecule has 2 aromatic rings. The Hall–Kier alpha value is -0.860. The number of hydrogen-bond donors (Lipinski definition) is 0. The summed E-state index contributed by atoms with van der Waals surface area (Å²) in [4.78, 5) is 5.30. The summed E-state index contributed by atoms with van der Waals surface area (Å²) in [5.41, 5.74) is 2.52. The van der Waals surface area contributed by atoms with Crippen LogP contribution in [0.2, 0.25) is 0 Å². The lowest BCUT2D eigenvalue weighted by molar-refractivity contribution is 0.737. The average Bonchev–Trinajstić information content (AvgIpc) is 2.75. The molecule has 0 fully saturated rings. The third kappa shape index (κ3) is 2.28. The second-order valence-electron chi connectivity index (χ2n) is 3.94. The number of halogens is 1. The summed E-state index contributed by atoms with van der Waals surface area (Å²) in [7, 11) is 0. The fourth-order valence-electron chi connectivity index (χ4n) is 1.73. The van der Waals surface area contributed by atoms with Gasteiger partial charge in [0.1, 0.15) is 0 Å². The molecular formula is C13H14ClNS. The van der Waals surface area contributed by atoms with Crippen LogP contribution >= 0.6 is 22.9 Å². The van der Waals surface area contributed by atoms with Gasteiger partial charge in [-0.05, 0) is 41.6 Å². The fraction of sp³-hybridized carbons (Fsp3) is 0.308. The summed E-state index contributed by atoms with van der Waals surface area (Å²) in [5, 5.41) is 2.14. The van der Waals surface area contributed by atoms with Gasteiger partial charge >= 0.3 is 0 Å². The largest absolute Gasteiger partial charge is 0.265 e. The minimum absolute atomic E-state index is 0.0439. The van der Waals surface area contributed by atoms with E-state index < -0.39 is 0 Å². The summed E-state index contributed by atoms with van der Waals surface area (Å²) in [6.07, 6.45) is 3.63. The van der Waals surface area contributed by atoms with E-state index in [1.165, 1.54) is 16.0 Å². The van der Waals surface area contributed by atoms with Crippen molar-refractivity contribution in [2.24, 2.45) is 0 Å². The zero-order valence-electron chi connectivity index (χ0n) is 9.35. The molecule has 2 heterocycles. The molecule has 2 unspecified atom stereocenters. The molecule has 0 saturated heterocycles. The smallest absolute Gasteiger partial charge is 0.0746 e. The van der Waals surface area contributed by atoms with Crippen LogP contribution in [0, 0.1) is 6.92 Å². The summed E-state index contributed by atoms with van der Waals surface area (Å²) < 4.78 is 0. The maximum Gasteiger partial charge on any atom is 0.0746 e. The monoisotopic (exact) mass is 251 g/mol. The molecule has 0 bridgehead atoms. The van der Waals surface area contributed by atoms with Crippen LogP contribution in [0.5, 0.6) is 0 Å². The third-order valence-electron chi connectivity index (χ3n) is 2.82. The highest BCUT2D eigenvalue weighted by atomic mass is 35.5. The molecule has 2 aromatic heterocycles. The molecule has 84 valence electrons. The highest BCUT2D eigenvalue weighted by molar-refractivity contribution is 7.10. The molecule has 0 spiro atoms. The lowest BCUT2D eigenvalue weighted by Crippen LogP contribution is -2.02. The van der Waals surface area contributed by atoms with E-state index in [2.05, 4.69) is 30.3 Å². The molecular weight excluding hydrogens is 238 g/mol.